The summed E-state index contributed by atoms with van der Waals surface area (Å²) in [6.45, 7) is 2.07. The van der Waals surface area contributed by atoms with Crippen molar-refractivity contribution in [3.63, 3.8) is 0 Å². The van der Waals surface area contributed by atoms with Crippen molar-refractivity contribution in [2.24, 2.45) is 0 Å². The normalized spacial score (nSPS) is 12.1. The van der Waals surface area contributed by atoms with Gasteiger partial charge in [0.1, 0.15) is 0 Å². The summed E-state index contributed by atoms with van der Waals surface area (Å²) in [5.41, 5.74) is 7.87. The van der Waals surface area contributed by atoms with Crippen LogP contribution in [-0.4, -0.2) is 19.1 Å². The lowest BCUT2D eigenvalue weighted by Crippen LogP contribution is -2.03. The van der Waals surface area contributed by atoms with Crippen LogP contribution in [0.3, 0.4) is 0 Å². The van der Waals surface area contributed by atoms with Gasteiger partial charge in [0, 0.05) is 32.6 Å². The number of aryl methyl sites for hydroxylation is 1. The molecule has 0 atom stereocenters. The molecule has 5 aromatic carbocycles. The highest BCUT2D eigenvalue weighted by Crippen LogP contribution is 2.46. The number of fused-ring (bicyclic) bond motifs is 10. The van der Waals surface area contributed by atoms with Gasteiger partial charge in [0.15, 0.2) is 0 Å². The molecule has 40 heavy (non-hydrogen) atoms. The van der Waals surface area contributed by atoms with Crippen LogP contribution in [-0.2, 0) is 0 Å². The predicted molar refractivity (Wildman–Crippen MR) is 168 cm³/mol. The molecule has 0 saturated carbocycles. The van der Waals surface area contributed by atoms with Crippen LogP contribution in [0.5, 0.6) is 0 Å². The van der Waals surface area contributed by atoms with E-state index in [4.69, 9.17) is 9.97 Å². The average Bonchev–Trinajstić information content (AvgIpc) is 3.64. The van der Waals surface area contributed by atoms with Gasteiger partial charge in [0.2, 0.25) is 5.95 Å². The third-order valence-corrected chi connectivity index (χ3v) is 9.31. The molecular formula is C35H22N4S. The molecule has 0 fully saturated rings. The summed E-state index contributed by atoms with van der Waals surface area (Å²) in [6, 6.07) is 40.9. The zero-order valence-electron chi connectivity index (χ0n) is 21.7. The molecule has 0 unspecified atom stereocenters. The van der Waals surface area contributed by atoms with Gasteiger partial charge in [-0.2, -0.15) is 0 Å². The van der Waals surface area contributed by atoms with Gasteiger partial charge in [0.05, 0.1) is 42.7 Å². The van der Waals surface area contributed by atoms with E-state index in [1.165, 1.54) is 53.2 Å². The highest BCUT2D eigenvalue weighted by Gasteiger charge is 2.23. The van der Waals surface area contributed by atoms with E-state index in [1.807, 2.05) is 23.5 Å². The lowest BCUT2D eigenvalue weighted by molar-refractivity contribution is 0.992. The third kappa shape index (κ3) is 2.84. The van der Waals surface area contributed by atoms with Gasteiger partial charge in [-0.15, -0.1) is 11.3 Å². The van der Waals surface area contributed by atoms with Crippen molar-refractivity contribution in [1.82, 2.24) is 19.1 Å². The fourth-order valence-corrected chi connectivity index (χ4v) is 7.71. The Bertz CT molecular complexity index is 2440. The summed E-state index contributed by atoms with van der Waals surface area (Å²) in [5, 5.41) is 6.03. The van der Waals surface area contributed by atoms with Gasteiger partial charge in [-0.05, 0) is 37.3 Å². The first-order valence-corrected chi connectivity index (χ1v) is 14.3. The van der Waals surface area contributed by atoms with Gasteiger partial charge in [-0.3, -0.25) is 4.57 Å². The fraction of sp³-hybridized carbons (Fsp3) is 0.0286. The van der Waals surface area contributed by atoms with Crippen LogP contribution in [0.25, 0.3) is 75.6 Å². The molecule has 0 amide bonds. The molecule has 9 aromatic rings. The first-order chi connectivity index (χ1) is 19.8. The van der Waals surface area contributed by atoms with Crippen molar-refractivity contribution in [3.8, 4) is 11.6 Å². The van der Waals surface area contributed by atoms with Gasteiger partial charge in [-0.1, -0.05) is 84.9 Å². The minimum absolute atomic E-state index is 0.712. The maximum absolute atomic E-state index is 5.09. The zero-order valence-corrected chi connectivity index (χ0v) is 22.5. The highest BCUT2D eigenvalue weighted by molar-refractivity contribution is 7.27. The highest BCUT2D eigenvalue weighted by atomic mass is 32.1. The van der Waals surface area contributed by atoms with Gasteiger partial charge in [0.25, 0.3) is 0 Å². The first-order valence-electron chi connectivity index (χ1n) is 13.4. The van der Waals surface area contributed by atoms with Crippen molar-refractivity contribution in [3.05, 3.63) is 121 Å². The van der Waals surface area contributed by atoms with Crippen molar-refractivity contribution in [1.29, 1.82) is 0 Å². The molecule has 188 valence electrons. The number of benzene rings is 5. The molecule has 0 radical (unpaired) electrons. The average molecular weight is 531 g/mol. The van der Waals surface area contributed by atoms with Gasteiger partial charge in [-0.25, -0.2) is 9.97 Å². The number of aromatic nitrogens is 4. The van der Waals surface area contributed by atoms with Gasteiger partial charge >= 0.3 is 0 Å². The van der Waals surface area contributed by atoms with E-state index >= 15 is 0 Å². The van der Waals surface area contributed by atoms with Crippen molar-refractivity contribution in [2.45, 2.75) is 6.92 Å². The minimum atomic E-state index is 0.712. The predicted octanol–water partition coefficient (Wildman–Crippen LogP) is 9.35. The molecule has 9 rings (SSSR count). The smallest absolute Gasteiger partial charge is 0.235 e. The van der Waals surface area contributed by atoms with Crippen LogP contribution in [0.1, 0.15) is 5.69 Å². The van der Waals surface area contributed by atoms with Gasteiger partial charge < -0.3 is 4.57 Å². The summed E-state index contributed by atoms with van der Waals surface area (Å²) in [5.74, 6) is 0.712. The number of nitrogens with zero attached hydrogens (tertiary/aromatic N) is 4. The van der Waals surface area contributed by atoms with E-state index in [0.29, 0.717) is 5.95 Å². The second-order valence-electron chi connectivity index (χ2n) is 10.3. The maximum Gasteiger partial charge on any atom is 0.235 e. The molecule has 0 aliphatic heterocycles. The molecule has 0 spiro atoms. The Morgan fingerprint density at radius 1 is 0.500 bits per heavy atom. The zero-order chi connectivity index (χ0) is 26.4. The van der Waals surface area contributed by atoms with E-state index < -0.39 is 0 Å². The summed E-state index contributed by atoms with van der Waals surface area (Å²) >= 11 is 1.87. The Kier molecular flexibility index (Phi) is 4.38. The molecule has 0 saturated heterocycles. The molecule has 5 heteroatoms. The van der Waals surface area contributed by atoms with Crippen LogP contribution >= 0.6 is 11.3 Å². The van der Waals surface area contributed by atoms with Crippen molar-refractivity contribution < 1.29 is 0 Å². The summed E-state index contributed by atoms with van der Waals surface area (Å²) < 4.78 is 7.24. The lowest BCUT2D eigenvalue weighted by atomic mass is 10.1. The molecular weight excluding hydrogens is 508 g/mol. The number of hydrogen-bond donors (Lipinski definition) is 0. The van der Waals surface area contributed by atoms with E-state index in [0.717, 1.165) is 22.1 Å². The first kappa shape index (κ1) is 21.9. The van der Waals surface area contributed by atoms with E-state index in [-0.39, 0.29) is 0 Å². The van der Waals surface area contributed by atoms with Crippen LogP contribution < -0.4 is 0 Å². The molecule has 4 aromatic heterocycles. The maximum atomic E-state index is 5.09. The second-order valence-corrected chi connectivity index (χ2v) is 11.3. The minimum Gasteiger partial charge on any atom is -0.308 e. The topological polar surface area (TPSA) is 35.6 Å². The number of hydrogen-bond acceptors (Lipinski definition) is 3. The Balaban J connectivity index is 1.49. The molecule has 4 heterocycles. The number of para-hydroxylation sites is 4. The van der Waals surface area contributed by atoms with Crippen LogP contribution in [0.2, 0.25) is 0 Å². The second kappa shape index (κ2) is 8.01. The van der Waals surface area contributed by atoms with E-state index in [9.17, 15) is 0 Å². The van der Waals surface area contributed by atoms with E-state index in [2.05, 4.69) is 119 Å². The molecule has 0 N–H and O–H groups in total. The van der Waals surface area contributed by atoms with Crippen LogP contribution in [0.4, 0.5) is 0 Å². The Morgan fingerprint density at radius 3 is 1.93 bits per heavy atom. The Hall–Kier alpha value is -5.00. The summed E-state index contributed by atoms with van der Waals surface area (Å²) in [6.07, 6.45) is 0. The summed E-state index contributed by atoms with van der Waals surface area (Å²) in [7, 11) is 0. The quantitative estimate of drug-likeness (QED) is 0.223. The standard InChI is InChI=1S/C35H22N4S/c1-21-23-13-5-8-16-28(23)37-35(36-21)39-29-17-9-6-14-24(29)25-19-20-27-32-33(40-34(27)31(25)39)26-15-7-10-18-30(26)38(32)22-11-3-2-4-12-22/h2-20H,1H3. The van der Waals surface area contributed by atoms with E-state index in [1.54, 1.807) is 0 Å². The lowest BCUT2D eigenvalue weighted by Gasteiger charge is -2.10. The number of thiophene rings is 1. The molecule has 0 aliphatic rings. The Morgan fingerprint density at radius 2 is 1.10 bits per heavy atom. The number of rotatable bonds is 2. The fourth-order valence-electron chi connectivity index (χ4n) is 6.35. The molecule has 4 nitrogen and oxygen atoms in total. The third-order valence-electron chi connectivity index (χ3n) is 8.07. The summed E-state index contributed by atoms with van der Waals surface area (Å²) in [4.78, 5) is 10.2. The van der Waals surface area contributed by atoms with Crippen LogP contribution in [0, 0.1) is 6.92 Å². The SMILES string of the molecule is Cc1nc(-n2c3ccccc3c3ccc4c(sc5c6ccccc6n(-c6ccccc6)c45)c32)nc2ccccc12. The van der Waals surface area contributed by atoms with Crippen molar-refractivity contribution >= 4 is 75.3 Å². The Labute approximate surface area is 233 Å². The van der Waals surface area contributed by atoms with Crippen molar-refractivity contribution in [2.75, 3.05) is 0 Å². The largest absolute Gasteiger partial charge is 0.308 e. The van der Waals surface area contributed by atoms with Crippen LogP contribution in [0.15, 0.2) is 115 Å². The molecule has 0 bridgehead atoms. The molecule has 0 aliphatic carbocycles. The monoisotopic (exact) mass is 530 g/mol.